The predicted molar refractivity (Wildman–Crippen MR) is 114 cm³/mol. The van der Waals surface area contributed by atoms with Crippen LogP contribution in [0.15, 0.2) is 59.7 Å². The molecule has 29 heavy (non-hydrogen) atoms. The average Bonchev–Trinajstić information content (AvgIpc) is 3.09. The lowest BCUT2D eigenvalue weighted by molar-refractivity contribution is 0.103. The van der Waals surface area contributed by atoms with E-state index in [1.807, 2.05) is 29.8 Å². The molecule has 0 N–H and O–H groups in total. The number of imidazole rings is 1. The minimum atomic E-state index is -0.163. The van der Waals surface area contributed by atoms with E-state index in [4.69, 9.17) is 23.2 Å². The molecular weight excluding hydrogens is 409 g/mol. The number of carbonyl (C=O) groups excluding carboxylic acids is 1. The number of hydrogen-bond acceptors (Lipinski definition) is 3. The number of benzene rings is 2. The van der Waals surface area contributed by atoms with Crippen LogP contribution >= 0.6 is 23.2 Å². The zero-order valence-corrected chi connectivity index (χ0v) is 17.3. The van der Waals surface area contributed by atoms with Gasteiger partial charge in [0.15, 0.2) is 5.78 Å². The number of fused-ring (bicyclic) bond motifs is 1. The summed E-state index contributed by atoms with van der Waals surface area (Å²) in [5, 5.41) is 0.812. The van der Waals surface area contributed by atoms with E-state index >= 15 is 0 Å². The molecule has 0 saturated carbocycles. The second-order valence-electron chi connectivity index (χ2n) is 6.87. The van der Waals surface area contributed by atoms with Crippen LogP contribution in [0.5, 0.6) is 0 Å². The Morgan fingerprint density at radius 2 is 1.76 bits per heavy atom. The first-order valence-electron chi connectivity index (χ1n) is 8.98. The van der Waals surface area contributed by atoms with Crippen molar-refractivity contribution in [2.45, 2.75) is 20.4 Å². The van der Waals surface area contributed by atoms with Crippen LogP contribution in [0.1, 0.15) is 32.7 Å². The van der Waals surface area contributed by atoms with Gasteiger partial charge in [-0.3, -0.25) is 14.0 Å². The molecule has 0 atom stereocenters. The summed E-state index contributed by atoms with van der Waals surface area (Å²) in [5.74, 6) is 0.426. The van der Waals surface area contributed by atoms with Crippen molar-refractivity contribution in [3.8, 4) is 0 Å². The highest BCUT2D eigenvalue weighted by molar-refractivity contribution is 6.37. The molecule has 0 radical (unpaired) electrons. The molecule has 0 spiro atoms. The Morgan fingerprint density at radius 1 is 1.03 bits per heavy atom. The van der Waals surface area contributed by atoms with Gasteiger partial charge in [0.2, 0.25) is 5.78 Å². The van der Waals surface area contributed by atoms with E-state index in [2.05, 4.69) is 4.98 Å². The molecule has 2 aromatic carbocycles. The fourth-order valence-electron chi connectivity index (χ4n) is 3.18. The summed E-state index contributed by atoms with van der Waals surface area (Å²) >= 11 is 12.1. The van der Waals surface area contributed by atoms with Crippen LogP contribution in [0.4, 0.5) is 0 Å². The summed E-state index contributed by atoms with van der Waals surface area (Å²) in [5.41, 5.74) is 3.23. The standard InChI is InChI=1S/C22H17Cl2N3O2/c1-13-14(2)25-22-26(9-10-27(22)21(13)29)12-15-3-5-16(6-4-15)20(28)18-8-7-17(23)11-19(18)24/h3-11H,12H2,1-2H3. The Kier molecular flexibility index (Phi) is 5.03. The van der Waals surface area contributed by atoms with Crippen LogP contribution in [0.3, 0.4) is 0 Å². The van der Waals surface area contributed by atoms with E-state index in [9.17, 15) is 9.59 Å². The molecule has 0 aliphatic rings. The van der Waals surface area contributed by atoms with Crippen LogP contribution in [0.2, 0.25) is 10.0 Å². The lowest BCUT2D eigenvalue weighted by atomic mass is 10.0. The Morgan fingerprint density at radius 3 is 2.45 bits per heavy atom. The highest BCUT2D eigenvalue weighted by Crippen LogP contribution is 2.23. The van der Waals surface area contributed by atoms with Crippen LogP contribution in [0.25, 0.3) is 5.78 Å². The number of halogens is 2. The molecule has 0 unspecified atom stereocenters. The Labute approximate surface area is 177 Å². The lowest BCUT2D eigenvalue weighted by Gasteiger charge is -2.08. The molecule has 0 fully saturated rings. The number of carbonyl (C=O) groups is 1. The van der Waals surface area contributed by atoms with Gasteiger partial charge < -0.3 is 4.57 Å². The van der Waals surface area contributed by atoms with E-state index in [0.29, 0.717) is 39.1 Å². The summed E-state index contributed by atoms with van der Waals surface area (Å²) in [6.07, 6.45) is 3.55. The summed E-state index contributed by atoms with van der Waals surface area (Å²) < 4.78 is 3.45. The molecule has 4 aromatic rings. The molecule has 2 heterocycles. The maximum atomic E-state index is 12.7. The Hall–Kier alpha value is -2.89. The number of aryl methyl sites for hydroxylation is 1. The van der Waals surface area contributed by atoms with Gasteiger partial charge in [-0.2, -0.15) is 0 Å². The van der Waals surface area contributed by atoms with Crippen molar-refractivity contribution in [1.82, 2.24) is 14.0 Å². The van der Waals surface area contributed by atoms with Gasteiger partial charge in [-0.25, -0.2) is 4.98 Å². The van der Waals surface area contributed by atoms with Gasteiger partial charge >= 0.3 is 0 Å². The number of hydrogen-bond donors (Lipinski definition) is 0. The van der Waals surface area contributed by atoms with Gasteiger partial charge in [-0.05, 0) is 37.6 Å². The maximum absolute atomic E-state index is 12.7. The van der Waals surface area contributed by atoms with Crippen molar-refractivity contribution >= 4 is 34.8 Å². The van der Waals surface area contributed by atoms with Gasteiger partial charge in [-0.1, -0.05) is 47.5 Å². The summed E-state index contributed by atoms with van der Waals surface area (Å²) in [4.78, 5) is 29.6. The van der Waals surface area contributed by atoms with Crippen molar-refractivity contribution in [3.05, 3.63) is 103 Å². The van der Waals surface area contributed by atoms with Crippen molar-refractivity contribution in [2.24, 2.45) is 0 Å². The Balaban J connectivity index is 1.61. The maximum Gasteiger partial charge on any atom is 0.262 e. The van der Waals surface area contributed by atoms with E-state index in [-0.39, 0.29) is 11.3 Å². The van der Waals surface area contributed by atoms with Gasteiger partial charge in [0, 0.05) is 39.8 Å². The highest BCUT2D eigenvalue weighted by Gasteiger charge is 2.14. The monoisotopic (exact) mass is 425 g/mol. The summed E-state index contributed by atoms with van der Waals surface area (Å²) in [6, 6.07) is 12.1. The molecule has 5 nitrogen and oxygen atoms in total. The molecule has 0 bridgehead atoms. The zero-order valence-electron chi connectivity index (χ0n) is 15.8. The molecule has 146 valence electrons. The van der Waals surface area contributed by atoms with Crippen molar-refractivity contribution in [3.63, 3.8) is 0 Å². The van der Waals surface area contributed by atoms with E-state index in [1.165, 1.54) is 0 Å². The molecule has 4 rings (SSSR count). The smallest absolute Gasteiger partial charge is 0.262 e. The quantitative estimate of drug-likeness (QED) is 0.445. The first kappa shape index (κ1) is 19.4. The van der Waals surface area contributed by atoms with Gasteiger partial charge in [0.25, 0.3) is 5.56 Å². The molecule has 0 aliphatic carbocycles. The predicted octanol–water partition coefficient (Wildman–Crippen LogP) is 4.70. The van der Waals surface area contributed by atoms with Crippen LogP contribution in [-0.4, -0.2) is 19.7 Å². The molecule has 7 heteroatoms. The second-order valence-corrected chi connectivity index (χ2v) is 7.72. The summed E-state index contributed by atoms with van der Waals surface area (Å²) in [6.45, 7) is 4.13. The molecule has 0 aliphatic heterocycles. The first-order valence-corrected chi connectivity index (χ1v) is 9.74. The third kappa shape index (κ3) is 3.59. The third-order valence-electron chi connectivity index (χ3n) is 4.96. The second kappa shape index (κ2) is 7.50. The van der Waals surface area contributed by atoms with E-state index in [0.717, 1.165) is 11.3 Å². The highest BCUT2D eigenvalue weighted by atomic mass is 35.5. The fraction of sp³-hybridized carbons (Fsp3) is 0.136. The van der Waals surface area contributed by atoms with Crippen molar-refractivity contribution < 1.29 is 4.79 Å². The van der Waals surface area contributed by atoms with Crippen molar-refractivity contribution in [1.29, 1.82) is 0 Å². The first-order chi connectivity index (χ1) is 13.8. The van der Waals surface area contributed by atoms with Crippen LogP contribution in [0, 0.1) is 13.8 Å². The molecular formula is C22H17Cl2N3O2. The van der Waals surface area contributed by atoms with Gasteiger partial charge in [-0.15, -0.1) is 0 Å². The molecule has 0 saturated heterocycles. The number of rotatable bonds is 4. The topological polar surface area (TPSA) is 56.4 Å². The normalized spacial score (nSPS) is 11.2. The lowest BCUT2D eigenvalue weighted by Crippen LogP contribution is -2.19. The average molecular weight is 426 g/mol. The number of nitrogens with zero attached hydrogens (tertiary/aromatic N) is 3. The summed E-state index contributed by atoms with van der Waals surface area (Å²) in [7, 11) is 0. The van der Waals surface area contributed by atoms with E-state index < -0.39 is 0 Å². The third-order valence-corrected chi connectivity index (χ3v) is 5.51. The van der Waals surface area contributed by atoms with Gasteiger partial charge in [0.1, 0.15) is 0 Å². The molecule has 0 amide bonds. The van der Waals surface area contributed by atoms with Crippen LogP contribution in [-0.2, 0) is 6.54 Å². The fourth-order valence-corrected chi connectivity index (χ4v) is 3.67. The minimum Gasteiger partial charge on any atom is -0.312 e. The largest absolute Gasteiger partial charge is 0.312 e. The number of aromatic nitrogens is 3. The zero-order chi connectivity index (χ0) is 20.7. The van der Waals surface area contributed by atoms with Crippen LogP contribution < -0.4 is 5.56 Å². The number of ketones is 1. The van der Waals surface area contributed by atoms with Gasteiger partial charge in [0.05, 0.1) is 11.6 Å². The molecule has 2 aromatic heterocycles. The Bertz CT molecular complexity index is 1300. The SMILES string of the molecule is Cc1nc2n(Cc3ccc(C(=O)c4ccc(Cl)cc4Cl)cc3)ccn2c(=O)c1C. The van der Waals surface area contributed by atoms with E-state index in [1.54, 1.807) is 47.9 Å². The van der Waals surface area contributed by atoms with Crippen molar-refractivity contribution in [2.75, 3.05) is 0 Å². The minimum absolute atomic E-state index is 0.0629.